The van der Waals surface area contributed by atoms with Gasteiger partial charge in [0.1, 0.15) is 11.4 Å². The number of alkyl halides is 1. The summed E-state index contributed by atoms with van der Waals surface area (Å²) in [7, 11) is 0. The first-order chi connectivity index (χ1) is 19.5. The number of hydrogen-bond donors (Lipinski definition) is 1. The van der Waals surface area contributed by atoms with E-state index in [0.717, 1.165) is 89.2 Å². The van der Waals surface area contributed by atoms with Crippen molar-refractivity contribution in [1.29, 1.82) is 0 Å². The van der Waals surface area contributed by atoms with E-state index < -0.39 is 5.54 Å². The molecule has 3 aromatic rings. The van der Waals surface area contributed by atoms with Crippen LogP contribution in [-0.4, -0.2) is 34.0 Å². The second-order valence-electron chi connectivity index (χ2n) is 11.0. The van der Waals surface area contributed by atoms with E-state index in [1.807, 2.05) is 30.9 Å². The van der Waals surface area contributed by atoms with Crippen LogP contribution in [-0.2, 0) is 17.8 Å². The van der Waals surface area contributed by atoms with E-state index in [9.17, 15) is 9.18 Å². The van der Waals surface area contributed by atoms with Crippen molar-refractivity contribution in [3.05, 3.63) is 64.8 Å². The number of nitrogens with one attached hydrogen (secondary N) is 1. The molecular weight excluding hydrogens is 523 g/mol. The van der Waals surface area contributed by atoms with Crippen molar-refractivity contribution in [2.24, 2.45) is 4.99 Å². The summed E-state index contributed by atoms with van der Waals surface area (Å²) in [6.07, 6.45) is 7.84. The highest BCUT2D eigenvalue weighted by molar-refractivity contribution is 8.00. The summed E-state index contributed by atoms with van der Waals surface area (Å²) in [4.78, 5) is 21.7. The number of carbonyl (C=O) groups excluding carboxylic acids is 1. The van der Waals surface area contributed by atoms with Crippen LogP contribution in [0.15, 0.2) is 56.9 Å². The second-order valence-corrected chi connectivity index (χ2v) is 11.8. The number of carbonyl (C=O) groups is 1. The molecule has 212 valence electrons. The largest absolute Gasteiger partial charge is 0.337 e. The highest BCUT2D eigenvalue weighted by Crippen LogP contribution is 2.41. The van der Waals surface area contributed by atoms with Crippen LogP contribution in [0.5, 0.6) is 0 Å². The summed E-state index contributed by atoms with van der Waals surface area (Å²) >= 11 is 1.48. The molecule has 1 aromatic heterocycles. The van der Waals surface area contributed by atoms with Crippen molar-refractivity contribution < 1.29 is 13.7 Å². The summed E-state index contributed by atoms with van der Waals surface area (Å²) < 4.78 is 22.1. The van der Waals surface area contributed by atoms with Gasteiger partial charge >= 0.3 is 0 Å². The Morgan fingerprint density at radius 3 is 2.60 bits per heavy atom. The van der Waals surface area contributed by atoms with E-state index in [-0.39, 0.29) is 12.6 Å². The Hall–Kier alpha value is -3.13. The molecule has 1 amide bonds. The third kappa shape index (κ3) is 5.82. The van der Waals surface area contributed by atoms with Gasteiger partial charge in [0.05, 0.1) is 18.9 Å². The van der Waals surface area contributed by atoms with E-state index in [1.165, 1.54) is 11.9 Å². The Morgan fingerprint density at radius 2 is 1.88 bits per heavy atom. The molecule has 5 rings (SSSR count). The number of nitrogens with zero attached hydrogens (tertiary/aromatic N) is 3. The fourth-order valence-electron chi connectivity index (χ4n) is 5.74. The van der Waals surface area contributed by atoms with Gasteiger partial charge in [0.15, 0.2) is 0 Å². The van der Waals surface area contributed by atoms with Crippen molar-refractivity contribution in [2.45, 2.75) is 95.5 Å². The molecule has 0 atom stereocenters. The van der Waals surface area contributed by atoms with Crippen molar-refractivity contribution in [1.82, 2.24) is 10.1 Å². The molecule has 2 aromatic carbocycles. The van der Waals surface area contributed by atoms with Crippen LogP contribution in [0.2, 0.25) is 0 Å². The summed E-state index contributed by atoms with van der Waals surface area (Å²) in [5.74, 6) is 1.74. The van der Waals surface area contributed by atoms with E-state index in [1.54, 1.807) is 0 Å². The minimum absolute atomic E-state index is 0.163. The fourth-order valence-corrected chi connectivity index (χ4v) is 6.57. The standard InChI is InChI=1S/C32H39FN4O2S/c1-4-5-14-29-34-32(17-8-9-18-32)31(38)37(29)21-24-15-16-26(25(20-24)11-10-19-33)27-12-6-7-13-28(27)40-36-30-22(2)23(3)35-39-30/h6-7,12-13,15-16,20,36H,4-5,8-11,14,17-19,21H2,1-3H3. The van der Waals surface area contributed by atoms with Crippen LogP contribution in [0.4, 0.5) is 10.3 Å². The molecule has 40 heavy (non-hydrogen) atoms. The van der Waals surface area contributed by atoms with Crippen LogP contribution in [0.3, 0.4) is 0 Å². The molecule has 2 heterocycles. The Labute approximate surface area is 240 Å². The lowest BCUT2D eigenvalue weighted by atomic mass is 9.94. The van der Waals surface area contributed by atoms with Crippen LogP contribution in [0.1, 0.15) is 80.7 Å². The number of hydrogen-bond acceptors (Lipinski definition) is 6. The number of aliphatic imine (C=N–C) groups is 1. The number of amidine groups is 1. The maximum Gasteiger partial charge on any atom is 0.256 e. The van der Waals surface area contributed by atoms with Gasteiger partial charge in [-0.15, -0.1) is 0 Å². The Kier molecular flexibility index (Phi) is 8.94. The molecule has 1 saturated carbocycles. The first kappa shape index (κ1) is 28.4. The van der Waals surface area contributed by atoms with Crippen LogP contribution in [0, 0.1) is 13.8 Å². The van der Waals surface area contributed by atoms with Gasteiger partial charge in [-0.1, -0.05) is 67.7 Å². The zero-order valence-corrected chi connectivity index (χ0v) is 24.6. The van der Waals surface area contributed by atoms with Crippen LogP contribution in [0.25, 0.3) is 11.1 Å². The van der Waals surface area contributed by atoms with Crippen LogP contribution < -0.4 is 4.72 Å². The number of aromatic nitrogens is 1. The van der Waals surface area contributed by atoms with Crippen molar-refractivity contribution in [3.63, 3.8) is 0 Å². The Morgan fingerprint density at radius 1 is 1.07 bits per heavy atom. The number of amides is 1. The van der Waals surface area contributed by atoms with Crippen molar-refractivity contribution >= 4 is 29.6 Å². The number of aryl methyl sites for hydroxylation is 2. The molecule has 1 fully saturated rings. The van der Waals surface area contributed by atoms with Crippen LogP contribution >= 0.6 is 11.9 Å². The minimum atomic E-state index is -0.538. The molecule has 1 spiro atoms. The van der Waals surface area contributed by atoms with Gasteiger partial charge in [0.25, 0.3) is 5.91 Å². The van der Waals surface area contributed by atoms with E-state index in [2.05, 4.69) is 47.1 Å². The highest BCUT2D eigenvalue weighted by Gasteiger charge is 2.49. The zero-order valence-electron chi connectivity index (χ0n) is 23.8. The Bertz CT molecular complexity index is 1380. The average Bonchev–Trinajstić information content (AvgIpc) is 3.65. The highest BCUT2D eigenvalue weighted by atomic mass is 32.2. The van der Waals surface area contributed by atoms with Crippen molar-refractivity contribution in [3.8, 4) is 11.1 Å². The maximum absolute atomic E-state index is 13.7. The first-order valence-electron chi connectivity index (χ1n) is 14.5. The molecular formula is C32H39FN4O2S. The predicted molar refractivity (Wildman–Crippen MR) is 160 cm³/mol. The quantitative estimate of drug-likeness (QED) is 0.225. The summed E-state index contributed by atoms with van der Waals surface area (Å²) in [6, 6.07) is 14.6. The number of rotatable bonds is 12. The third-order valence-corrected chi connectivity index (χ3v) is 9.02. The van der Waals surface area contributed by atoms with Gasteiger partial charge in [0, 0.05) is 16.9 Å². The lowest BCUT2D eigenvalue weighted by Gasteiger charge is -2.23. The molecule has 0 bridgehead atoms. The topological polar surface area (TPSA) is 70.7 Å². The monoisotopic (exact) mass is 562 g/mol. The normalized spacial score (nSPS) is 16.2. The molecule has 1 N–H and O–H groups in total. The molecule has 1 aliphatic heterocycles. The number of unbranched alkanes of at least 4 members (excludes halogenated alkanes) is 1. The first-order valence-corrected chi connectivity index (χ1v) is 15.3. The third-order valence-electron chi connectivity index (χ3n) is 8.16. The van der Waals surface area contributed by atoms with Crippen molar-refractivity contribution in [2.75, 3.05) is 11.4 Å². The molecule has 6 nitrogen and oxygen atoms in total. The van der Waals surface area contributed by atoms with Gasteiger partial charge < -0.3 is 4.52 Å². The maximum atomic E-state index is 13.7. The number of halogens is 1. The zero-order chi connectivity index (χ0) is 28.1. The molecule has 0 saturated heterocycles. The fraction of sp³-hybridized carbons (Fsp3) is 0.469. The average molecular weight is 563 g/mol. The lowest BCUT2D eigenvalue weighted by molar-refractivity contribution is -0.131. The Balaban J connectivity index is 1.42. The van der Waals surface area contributed by atoms with E-state index >= 15 is 0 Å². The van der Waals surface area contributed by atoms with E-state index in [0.29, 0.717) is 25.3 Å². The molecule has 2 aliphatic rings. The minimum Gasteiger partial charge on any atom is -0.337 e. The predicted octanol–water partition coefficient (Wildman–Crippen LogP) is 8.22. The smallest absolute Gasteiger partial charge is 0.256 e. The SMILES string of the molecule is CCCCC1=NC2(CCCC2)C(=O)N1Cc1ccc(-c2ccccc2SNc2onc(C)c2C)c(CCCF)c1. The number of benzene rings is 2. The molecule has 1 aliphatic carbocycles. The van der Waals surface area contributed by atoms with Gasteiger partial charge in [-0.3, -0.25) is 23.8 Å². The van der Waals surface area contributed by atoms with E-state index in [4.69, 9.17) is 9.52 Å². The van der Waals surface area contributed by atoms with Gasteiger partial charge in [0.2, 0.25) is 5.88 Å². The molecule has 0 radical (unpaired) electrons. The second kappa shape index (κ2) is 12.6. The summed E-state index contributed by atoms with van der Waals surface area (Å²) in [5, 5.41) is 4.04. The van der Waals surface area contributed by atoms with Gasteiger partial charge in [-0.2, -0.15) is 0 Å². The lowest BCUT2D eigenvalue weighted by Crippen LogP contribution is -2.40. The number of anilines is 1. The molecule has 0 unspecified atom stereocenters. The van der Waals surface area contributed by atoms with Gasteiger partial charge in [-0.25, -0.2) is 0 Å². The van der Waals surface area contributed by atoms with Gasteiger partial charge in [-0.05, 0) is 86.2 Å². The summed E-state index contributed by atoms with van der Waals surface area (Å²) in [5.41, 5.74) is 5.60. The summed E-state index contributed by atoms with van der Waals surface area (Å²) in [6.45, 7) is 6.21. The molecule has 8 heteroatoms.